The topological polar surface area (TPSA) is 21.3 Å². The molecule has 0 saturated heterocycles. The summed E-state index contributed by atoms with van der Waals surface area (Å²) in [5.74, 6) is -0.267. The van der Waals surface area contributed by atoms with Crippen molar-refractivity contribution >= 4 is 39.2 Å². The van der Waals surface area contributed by atoms with E-state index in [4.69, 9.17) is 17.0 Å². The monoisotopic (exact) mass is 379 g/mol. The molecule has 0 saturated carbocycles. The highest BCUT2D eigenvalue weighted by atomic mass is 79.9. The zero-order valence-electron chi connectivity index (χ0n) is 12.2. The highest BCUT2D eigenvalue weighted by Gasteiger charge is 2.32. The van der Waals surface area contributed by atoms with Gasteiger partial charge in [0, 0.05) is 21.1 Å². The summed E-state index contributed by atoms with van der Waals surface area (Å²) in [5, 5.41) is 4.81. The third-order valence-electron chi connectivity index (χ3n) is 3.71. The molecule has 0 bridgehead atoms. The van der Waals surface area contributed by atoms with Gasteiger partial charge >= 0.3 is 0 Å². The molecule has 0 spiro atoms. The van der Waals surface area contributed by atoms with Crippen LogP contribution in [-0.4, -0.2) is 11.6 Å². The van der Waals surface area contributed by atoms with E-state index in [1.165, 1.54) is 12.1 Å². The van der Waals surface area contributed by atoms with Crippen molar-refractivity contribution in [1.29, 1.82) is 0 Å². The Morgan fingerprint density at radius 2 is 2.00 bits per heavy atom. The van der Waals surface area contributed by atoms with Gasteiger partial charge in [-0.1, -0.05) is 34.2 Å². The first-order chi connectivity index (χ1) is 10.4. The van der Waals surface area contributed by atoms with Crippen molar-refractivity contribution in [2.24, 2.45) is 0 Å². The quantitative estimate of drug-likeness (QED) is 0.719. The Labute approximate surface area is 142 Å². The molecule has 2 aromatic carbocycles. The molecule has 1 N–H and O–H groups in total. The van der Waals surface area contributed by atoms with Crippen LogP contribution in [0.15, 0.2) is 40.9 Å². The summed E-state index contributed by atoms with van der Waals surface area (Å²) < 4.78 is 20.3. The first-order valence-electron chi connectivity index (χ1n) is 6.90. The number of hydrogen-bond acceptors (Lipinski definition) is 3. The lowest BCUT2D eigenvalue weighted by molar-refractivity contribution is -0.0406. The van der Waals surface area contributed by atoms with Crippen LogP contribution in [0.3, 0.4) is 0 Å². The lowest BCUT2D eigenvalue weighted by Crippen LogP contribution is -2.39. The van der Waals surface area contributed by atoms with Crippen LogP contribution in [0.25, 0.3) is 11.1 Å². The van der Waals surface area contributed by atoms with Gasteiger partial charge in [-0.25, -0.2) is 4.39 Å². The molecule has 114 valence electrons. The van der Waals surface area contributed by atoms with Crippen LogP contribution < -0.4 is 5.32 Å². The highest BCUT2D eigenvalue weighted by molar-refractivity contribution is 9.10. The molecule has 22 heavy (non-hydrogen) atoms. The fourth-order valence-corrected chi connectivity index (χ4v) is 3.28. The Kier molecular flexibility index (Phi) is 4.05. The van der Waals surface area contributed by atoms with E-state index in [1.54, 1.807) is 5.37 Å². The number of ether oxygens (including phenoxy) is 1. The zero-order chi connectivity index (χ0) is 15.9. The lowest BCUT2D eigenvalue weighted by atomic mass is 9.91. The Bertz CT molecular complexity index is 727. The van der Waals surface area contributed by atoms with Crippen LogP contribution in [-0.2, 0) is 10.3 Å². The molecule has 0 fully saturated rings. The van der Waals surface area contributed by atoms with Gasteiger partial charge in [-0.05, 0) is 55.3 Å². The third kappa shape index (κ3) is 2.93. The first kappa shape index (κ1) is 15.6. The Balaban J connectivity index is 2.09. The molecule has 5 heteroatoms. The molecule has 1 heterocycles. The predicted molar refractivity (Wildman–Crippen MR) is 94.7 cm³/mol. The molecule has 0 aromatic heterocycles. The number of fused-ring (bicyclic) bond motifs is 1. The second kappa shape index (κ2) is 5.72. The lowest BCUT2D eigenvalue weighted by Gasteiger charge is -2.37. The van der Waals surface area contributed by atoms with Gasteiger partial charge in [0.2, 0.25) is 0 Å². The van der Waals surface area contributed by atoms with Crippen molar-refractivity contribution in [2.45, 2.75) is 25.7 Å². The smallest absolute Gasteiger partial charge is 0.158 e. The van der Waals surface area contributed by atoms with Crippen molar-refractivity contribution in [3.05, 3.63) is 52.3 Å². The van der Waals surface area contributed by atoms with E-state index in [0.717, 1.165) is 26.9 Å². The Hall–Kier alpha value is -1.30. The average Bonchev–Trinajstić information content (AvgIpc) is 2.45. The fraction of sp³-hybridized carbons (Fsp3) is 0.235. The zero-order valence-corrected chi connectivity index (χ0v) is 14.6. The molecule has 0 aliphatic carbocycles. The summed E-state index contributed by atoms with van der Waals surface area (Å²) in [4.78, 5) is 0. The SMILES string of the molecule is CC1(C)OC(C=S)Nc2ccc(-c3cc(F)cc(Br)c3)cc21. The van der Waals surface area contributed by atoms with E-state index < -0.39 is 5.60 Å². The number of hydrogen-bond donors (Lipinski definition) is 1. The van der Waals surface area contributed by atoms with Crippen LogP contribution in [0.5, 0.6) is 0 Å². The number of thiocarbonyl (C=S) groups is 1. The van der Waals surface area contributed by atoms with Crippen LogP contribution in [0.4, 0.5) is 10.1 Å². The van der Waals surface area contributed by atoms with E-state index in [9.17, 15) is 4.39 Å². The molecule has 0 amide bonds. The summed E-state index contributed by atoms with van der Waals surface area (Å²) in [5.41, 5.74) is 3.31. The fourth-order valence-electron chi connectivity index (χ4n) is 2.69. The molecule has 0 radical (unpaired) electrons. The summed E-state index contributed by atoms with van der Waals surface area (Å²) in [7, 11) is 0. The summed E-state index contributed by atoms with van der Waals surface area (Å²) >= 11 is 8.31. The van der Waals surface area contributed by atoms with Gasteiger partial charge in [0.05, 0.1) is 5.60 Å². The largest absolute Gasteiger partial charge is 0.356 e. The molecule has 2 aromatic rings. The summed E-state index contributed by atoms with van der Waals surface area (Å²) in [6, 6.07) is 10.9. The van der Waals surface area contributed by atoms with Crippen molar-refractivity contribution in [3.8, 4) is 11.1 Å². The van der Waals surface area contributed by atoms with Crippen LogP contribution in [0.1, 0.15) is 19.4 Å². The summed E-state index contributed by atoms with van der Waals surface area (Å²) in [6.45, 7) is 4.01. The maximum atomic E-state index is 13.6. The standard InChI is InChI=1S/C17H15BrFNOS/c1-17(2)14-7-10(11-5-12(18)8-13(19)6-11)3-4-15(14)20-16(9-22)21-17/h3-9,16,20H,1-2H3. The molecular weight excluding hydrogens is 365 g/mol. The third-order valence-corrected chi connectivity index (χ3v) is 4.41. The average molecular weight is 380 g/mol. The van der Waals surface area contributed by atoms with Crippen molar-refractivity contribution in [1.82, 2.24) is 0 Å². The minimum atomic E-state index is -0.471. The molecule has 3 rings (SSSR count). The Morgan fingerprint density at radius 3 is 2.68 bits per heavy atom. The van der Waals surface area contributed by atoms with Gasteiger partial charge in [0.15, 0.2) is 6.23 Å². The van der Waals surface area contributed by atoms with Crippen LogP contribution >= 0.6 is 28.1 Å². The van der Waals surface area contributed by atoms with Crippen molar-refractivity contribution in [3.63, 3.8) is 0 Å². The maximum absolute atomic E-state index is 13.6. The minimum Gasteiger partial charge on any atom is -0.356 e. The molecule has 1 unspecified atom stereocenters. The van der Waals surface area contributed by atoms with E-state index in [-0.39, 0.29) is 12.0 Å². The minimum absolute atomic E-state index is 0.267. The van der Waals surface area contributed by atoms with E-state index in [1.807, 2.05) is 38.1 Å². The molecule has 2 nitrogen and oxygen atoms in total. The van der Waals surface area contributed by atoms with E-state index in [2.05, 4.69) is 21.2 Å². The van der Waals surface area contributed by atoms with Gasteiger partial charge < -0.3 is 10.1 Å². The second-order valence-electron chi connectivity index (χ2n) is 5.75. The molecule has 1 aliphatic rings. The van der Waals surface area contributed by atoms with E-state index in [0.29, 0.717) is 0 Å². The van der Waals surface area contributed by atoms with Crippen molar-refractivity contribution < 1.29 is 9.13 Å². The summed E-state index contributed by atoms with van der Waals surface area (Å²) in [6.07, 6.45) is -0.285. The van der Waals surface area contributed by atoms with E-state index >= 15 is 0 Å². The van der Waals surface area contributed by atoms with Gasteiger partial charge in [-0.3, -0.25) is 0 Å². The van der Waals surface area contributed by atoms with Crippen LogP contribution in [0.2, 0.25) is 0 Å². The molecular formula is C17H15BrFNOS. The number of benzene rings is 2. The van der Waals surface area contributed by atoms with Crippen molar-refractivity contribution in [2.75, 3.05) is 5.32 Å². The Morgan fingerprint density at radius 1 is 1.23 bits per heavy atom. The number of nitrogens with one attached hydrogen (secondary N) is 1. The second-order valence-corrected chi connectivity index (χ2v) is 6.94. The van der Waals surface area contributed by atoms with Gasteiger partial charge in [-0.15, -0.1) is 0 Å². The number of rotatable bonds is 2. The van der Waals surface area contributed by atoms with Gasteiger partial charge in [0.25, 0.3) is 0 Å². The number of halogens is 2. The predicted octanol–water partition coefficient (Wildman–Crippen LogP) is 5.26. The maximum Gasteiger partial charge on any atom is 0.158 e. The van der Waals surface area contributed by atoms with Crippen LogP contribution in [0, 0.1) is 5.82 Å². The van der Waals surface area contributed by atoms with Gasteiger partial charge in [-0.2, -0.15) is 0 Å². The van der Waals surface area contributed by atoms with Gasteiger partial charge in [0.1, 0.15) is 5.82 Å². The molecule has 1 atom stereocenters. The number of anilines is 1. The molecule has 1 aliphatic heterocycles. The first-order valence-corrected chi connectivity index (χ1v) is 8.16. The highest BCUT2D eigenvalue weighted by Crippen LogP contribution is 2.39. The normalized spacial score (nSPS) is 19.2.